The summed E-state index contributed by atoms with van der Waals surface area (Å²) in [6.07, 6.45) is 2.58. The van der Waals surface area contributed by atoms with Crippen molar-refractivity contribution in [3.05, 3.63) is 34.3 Å². The topological polar surface area (TPSA) is 34.4 Å². The predicted octanol–water partition coefficient (Wildman–Crippen LogP) is 3.25. The number of aromatic nitrogens is 2. The van der Waals surface area contributed by atoms with Gasteiger partial charge < -0.3 is 0 Å². The van der Waals surface area contributed by atoms with Crippen LogP contribution in [0, 0.1) is 6.92 Å². The van der Waals surface area contributed by atoms with Crippen LogP contribution in [0.15, 0.2) is 23.7 Å². The van der Waals surface area contributed by atoms with Crippen molar-refractivity contribution >= 4 is 33.9 Å². The summed E-state index contributed by atoms with van der Waals surface area (Å²) in [5.41, 5.74) is 1.64. The minimum Gasteiger partial charge on any atom is -0.296 e. The molecule has 3 nitrogen and oxygen atoms in total. The Labute approximate surface area is 100.0 Å². The molecule has 0 aliphatic carbocycles. The monoisotopic (exact) mass is 248 g/mol. The van der Waals surface area contributed by atoms with E-state index in [1.807, 2.05) is 10.5 Å². The maximum Gasteiger partial charge on any atom is 0.195 e. The van der Waals surface area contributed by atoms with E-state index in [0.717, 1.165) is 16.9 Å². The van der Waals surface area contributed by atoms with Crippen LogP contribution in [0.2, 0.25) is 0 Å². The number of hydrogen-bond donors (Lipinski definition) is 0. The summed E-state index contributed by atoms with van der Waals surface area (Å²) in [5.74, 6) is 0. The molecule has 3 aromatic heterocycles. The van der Waals surface area contributed by atoms with Crippen LogP contribution in [0.4, 0.5) is 0 Å². The summed E-state index contributed by atoms with van der Waals surface area (Å²) in [6, 6.07) is 4.11. The first-order valence-electron chi connectivity index (χ1n) is 4.77. The Bertz CT molecular complexity index is 649. The van der Waals surface area contributed by atoms with Crippen LogP contribution in [0.3, 0.4) is 0 Å². The molecule has 3 aromatic rings. The van der Waals surface area contributed by atoms with Crippen LogP contribution in [0.25, 0.3) is 15.5 Å². The first kappa shape index (κ1) is 9.74. The van der Waals surface area contributed by atoms with Gasteiger partial charge in [0.2, 0.25) is 0 Å². The first-order chi connectivity index (χ1) is 7.79. The van der Waals surface area contributed by atoms with E-state index in [4.69, 9.17) is 0 Å². The van der Waals surface area contributed by atoms with E-state index in [1.54, 1.807) is 28.9 Å². The van der Waals surface area contributed by atoms with Gasteiger partial charge in [-0.05, 0) is 18.4 Å². The van der Waals surface area contributed by atoms with E-state index in [2.05, 4.69) is 23.4 Å². The Kier molecular flexibility index (Phi) is 2.15. The molecule has 0 atom stereocenters. The molecule has 0 N–H and O–H groups in total. The lowest BCUT2D eigenvalue weighted by Gasteiger charge is -1.96. The highest BCUT2D eigenvalue weighted by Crippen LogP contribution is 2.33. The van der Waals surface area contributed by atoms with Crippen LogP contribution < -0.4 is 0 Å². The molecular formula is C11H8N2OS2. The normalized spacial score (nSPS) is 11.1. The molecule has 0 saturated carbocycles. The second kappa shape index (κ2) is 3.54. The molecule has 16 heavy (non-hydrogen) atoms. The average molecular weight is 248 g/mol. The summed E-state index contributed by atoms with van der Waals surface area (Å²) in [6.45, 7) is 2.08. The standard InChI is InChI=1S/C11H8N2OS2/c1-7-10(9-3-2-4-15-9)13-5-8(6-14)12-11(13)16-7/h2-6H,1H3. The summed E-state index contributed by atoms with van der Waals surface area (Å²) >= 11 is 3.31. The number of aryl methyl sites for hydroxylation is 1. The minimum absolute atomic E-state index is 0.490. The first-order valence-corrected chi connectivity index (χ1v) is 6.47. The highest BCUT2D eigenvalue weighted by Gasteiger charge is 2.13. The summed E-state index contributed by atoms with van der Waals surface area (Å²) in [4.78, 5) is 18.2. The van der Waals surface area contributed by atoms with Crippen LogP contribution in [0.5, 0.6) is 0 Å². The fourth-order valence-corrected chi connectivity index (χ4v) is 3.59. The van der Waals surface area contributed by atoms with Gasteiger partial charge in [0.15, 0.2) is 11.2 Å². The molecule has 0 aliphatic heterocycles. The second-order valence-corrected chi connectivity index (χ2v) is 5.55. The zero-order chi connectivity index (χ0) is 11.1. The fourth-order valence-electron chi connectivity index (χ4n) is 1.73. The number of nitrogens with zero attached hydrogens (tertiary/aromatic N) is 2. The van der Waals surface area contributed by atoms with E-state index in [-0.39, 0.29) is 0 Å². The van der Waals surface area contributed by atoms with Gasteiger partial charge in [0.1, 0.15) is 5.69 Å². The van der Waals surface area contributed by atoms with E-state index in [9.17, 15) is 4.79 Å². The van der Waals surface area contributed by atoms with E-state index >= 15 is 0 Å². The average Bonchev–Trinajstić information content (AvgIpc) is 2.92. The summed E-state index contributed by atoms with van der Waals surface area (Å²) in [7, 11) is 0. The van der Waals surface area contributed by atoms with Gasteiger partial charge in [-0.3, -0.25) is 9.20 Å². The maximum absolute atomic E-state index is 10.7. The van der Waals surface area contributed by atoms with Crippen molar-refractivity contribution in [3.63, 3.8) is 0 Å². The Morgan fingerprint density at radius 1 is 1.50 bits per heavy atom. The third-order valence-corrected chi connectivity index (χ3v) is 4.23. The Balaban J connectivity index is 2.33. The Hall–Kier alpha value is -1.46. The number of carbonyl (C=O) groups is 1. The predicted molar refractivity (Wildman–Crippen MR) is 66.5 cm³/mol. The number of thiazole rings is 1. The van der Waals surface area contributed by atoms with Crippen LogP contribution in [-0.2, 0) is 0 Å². The third kappa shape index (κ3) is 1.32. The Morgan fingerprint density at radius 3 is 3.06 bits per heavy atom. The zero-order valence-electron chi connectivity index (χ0n) is 8.51. The molecule has 0 aliphatic rings. The number of thiophene rings is 1. The molecular weight excluding hydrogens is 240 g/mol. The lowest BCUT2D eigenvalue weighted by molar-refractivity contribution is 0.111. The molecule has 0 amide bonds. The number of fused-ring (bicyclic) bond motifs is 1. The second-order valence-electron chi connectivity index (χ2n) is 3.42. The van der Waals surface area contributed by atoms with Crippen molar-refractivity contribution < 1.29 is 4.79 Å². The van der Waals surface area contributed by atoms with Gasteiger partial charge in [0, 0.05) is 11.1 Å². The summed E-state index contributed by atoms with van der Waals surface area (Å²) in [5, 5.41) is 2.05. The molecule has 0 bridgehead atoms. The molecule has 5 heteroatoms. The van der Waals surface area contributed by atoms with Crippen molar-refractivity contribution in [3.8, 4) is 10.6 Å². The fraction of sp³-hybridized carbons (Fsp3) is 0.0909. The molecule has 0 unspecified atom stereocenters. The SMILES string of the molecule is Cc1sc2nc(C=O)cn2c1-c1cccs1. The van der Waals surface area contributed by atoms with Gasteiger partial charge in [-0.1, -0.05) is 6.07 Å². The van der Waals surface area contributed by atoms with E-state index in [1.165, 1.54) is 9.75 Å². The van der Waals surface area contributed by atoms with Crippen molar-refractivity contribution in [1.82, 2.24) is 9.38 Å². The smallest absolute Gasteiger partial charge is 0.195 e. The van der Waals surface area contributed by atoms with Gasteiger partial charge in [-0.15, -0.1) is 22.7 Å². The van der Waals surface area contributed by atoms with Gasteiger partial charge in [0.05, 0.1) is 10.6 Å². The van der Waals surface area contributed by atoms with E-state index < -0.39 is 0 Å². The van der Waals surface area contributed by atoms with Crippen LogP contribution in [0.1, 0.15) is 15.4 Å². The largest absolute Gasteiger partial charge is 0.296 e. The number of carbonyl (C=O) groups excluding carboxylic acids is 1. The highest BCUT2D eigenvalue weighted by atomic mass is 32.1. The molecule has 3 rings (SSSR count). The van der Waals surface area contributed by atoms with Crippen molar-refractivity contribution in [1.29, 1.82) is 0 Å². The Morgan fingerprint density at radius 2 is 2.38 bits per heavy atom. The van der Waals surface area contributed by atoms with E-state index in [0.29, 0.717) is 5.69 Å². The third-order valence-electron chi connectivity index (χ3n) is 2.39. The molecule has 0 saturated heterocycles. The van der Waals surface area contributed by atoms with Crippen molar-refractivity contribution in [2.24, 2.45) is 0 Å². The lowest BCUT2D eigenvalue weighted by atomic mass is 10.3. The number of imidazole rings is 1. The highest BCUT2D eigenvalue weighted by molar-refractivity contribution is 7.18. The van der Waals surface area contributed by atoms with Gasteiger partial charge in [0.25, 0.3) is 0 Å². The van der Waals surface area contributed by atoms with Crippen LogP contribution in [-0.4, -0.2) is 15.7 Å². The van der Waals surface area contributed by atoms with Crippen molar-refractivity contribution in [2.75, 3.05) is 0 Å². The number of aldehydes is 1. The van der Waals surface area contributed by atoms with Gasteiger partial charge in [-0.2, -0.15) is 0 Å². The molecule has 0 fully saturated rings. The molecule has 3 heterocycles. The molecule has 0 aromatic carbocycles. The molecule has 0 spiro atoms. The quantitative estimate of drug-likeness (QED) is 0.652. The summed E-state index contributed by atoms with van der Waals surface area (Å²) < 4.78 is 2.00. The number of hydrogen-bond acceptors (Lipinski definition) is 4. The minimum atomic E-state index is 0.490. The zero-order valence-corrected chi connectivity index (χ0v) is 10.1. The number of rotatable bonds is 2. The molecule has 80 valence electrons. The van der Waals surface area contributed by atoms with Crippen LogP contribution >= 0.6 is 22.7 Å². The lowest BCUT2D eigenvalue weighted by Crippen LogP contribution is -1.83. The van der Waals surface area contributed by atoms with Crippen molar-refractivity contribution in [2.45, 2.75) is 6.92 Å². The maximum atomic E-state index is 10.7. The van der Waals surface area contributed by atoms with Gasteiger partial charge >= 0.3 is 0 Å². The van der Waals surface area contributed by atoms with Gasteiger partial charge in [-0.25, -0.2) is 4.98 Å². The molecule has 0 radical (unpaired) electrons.